The van der Waals surface area contributed by atoms with Crippen LogP contribution in [0.5, 0.6) is 0 Å². The molecule has 2 aliphatic rings. The highest BCUT2D eigenvalue weighted by Gasteiger charge is 2.35. The monoisotopic (exact) mass is 341 g/mol. The maximum atomic E-state index is 12.6. The molecule has 0 saturated carbocycles. The normalized spacial score (nSPS) is 19.3. The van der Waals surface area contributed by atoms with Crippen LogP contribution >= 0.6 is 23.1 Å². The van der Waals surface area contributed by atoms with E-state index in [4.69, 9.17) is 0 Å². The first-order valence-electron chi connectivity index (χ1n) is 7.31. The summed E-state index contributed by atoms with van der Waals surface area (Å²) in [6.45, 7) is 2.65. The van der Waals surface area contributed by atoms with Crippen LogP contribution < -0.4 is 4.90 Å². The first kappa shape index (κ1) is 14.5. The van der Waals surface area contributed by atoms with E-state index in [0.717, 1.165) is 15.9 Å². The van der Waals surface area contributed by atoms with E-state index in [1.165, 1.54) is 11.3 Å². The van der Waals surface area contributed by atoms with Crippen molar-refractivity contribution in [2.75, 3.05) is 17.4 Å². The molecule has 0 bridgehead atoms. The van der Waals surface area contributed by atoms with E-state index in [-0.39, 0.29) is 5.91 Å². The molecule has 1 aromatic carbocycles. The average molecular weight is 341 g/mol. The number of carbonyl (C=O) groups is 1. The van der Waals surface area contributed by atoms with Crippen molar-refractivity contribution in [3.63, 3.8) is 0 Å². The molecule has 3 heterocycles. The molecule has 1 aromatic heterocycles. The summed E-state index contributed by atoms with van der Waals surface area (Å²) in [5.74, 6) is 0.791. The van der Waals surface area contributed by atoms with Crippen LogP contribution in [0.2, 0.25) is 0 Å². The molecule has 1 amide bonds. The summed E-state index contributed by atoms with van der Waals surface area (Å²) in [5.41, 5.74) is 2.92. The van der Waals surface area contributed by atoms with Gasteiger partial charge in [-0.05, 0) is 36.1 Å². The second-order valence-electron chi connectivity index (χ2n) is 5.41. The van der Waals surface area contributed by atoms with Gasteiger partial charge in [0, 0.05) is 10.6 Å². The molecule has 2 aliphatic heterocycles. The molecule has 0 unspecified atom stereocenters. The zero-order chi connectivity index (χ0) is 15.8. The lowest BCUT2D eigenvalue weighted by Gasteiger charge is -2.35. The van der Waals surface area contributed by atoms with Crippen molar-refractivity contribution in [1.29, 1.82) is 0 Å². The summed E-state index contributed by atoms with van der Waals surface area (Å²) in [6.07, 6.45) is 1.87. The van der Waals surface area contributed by atoms with Crippen LogP contribution in [-0.4, -0.2) is 28.5 Å². The summed E-state index contributed by atoms with van der Waals surface area (Å²) in [6, 6.07) is 12.2. The molecule has 4 nitrogen and oxygen atoms in total. The standard InChI is InChI=1S/C17H15N3OS2/c1-12-5-2-3-7-15(12)19-10-20-16(21)14(18-17(20)23-11-19)9-13-6-4-8-22-13/h2-9H,10-11H2,1H3/b14-9-. The summed E-state index contributed by atoms with van der Waals surface area (Å²) in [4.78, 5) is 22.2. The number of thioether (sulfide) groups is 1. The minimum atomic E-state index is -0.0146. The van der Waals surface area contributed by atoms with E-state index in [1.54, 1.807) is 28.0 Å². The minimum Gasteiger partial charge on any atom is -0.343 e. The van der Waals surface area contributed by atoms with Gasteiger partial charge in [0.15, 0.2) is 5.17 Å². The van der Waals surface area contributed by atoms with E-state index in [9.17, 15) is 4.79 Å². The molecular weight excluding hydrogens is 326 g/mol. The molecule has 0 radical (unpaired) electrons. The van der Waals surface area contributed by atoms with Gasteiger partial charge < -0.3 is 4.90 Å². The Morgan fingerprint density at radius 1 is 1.22 bits per heavy atom. The number of hydrogen-bond donors (Lipinski definition) is 0. The van der Waals surface area contributed by atoms with Crippen molar-refractivity contribution in [2.45, 2.75) is 6.92 Å². The lowest BCUT2D eigenvalue weighted by atomic mass is 10.2. The highest BCUT2D eigenvalue weighted by molar-refractivity contribution is 8.14. The Kier molecular flexibility index (Phi) is 3.71. The lowest BCUT2D eigenvalue weighted by Crippen LogP contribution is -2.46. The van der Waals surface area contributed by atoms with Gasteiger partial charge in [0.1, 0.15) is 12.4 Å². The Labute approximate surface area is 143 Å². The van der Waals surface area contributed by atoms with Crippen molar-refractivity contribution in [3.8, 4) is 0 Å². The van der Waals surface area contributed by atoms with Crippen LogP contribution in [0.15, 0.2) is 52.5 Å². The molecule has 0 N–H and O–H groups in total. The number of aryl methyl sites for hydroxylation is 1. The number of amides is 1. The van der Waals surface area contributed by atoms with E-state index in [2.05, 4.69) is 28.9 Å². The van der Waals surface area contributed by atoms with Crippen LogP contribution in [0.3, 0.4) is 0 Å². The van der Waals surface area contributed by atoms with Gasteiger partial charge in [-0.15, -0.1) is 11.3 Å². The fourth-order valence-corrected chi connectivity index (χ4v) is 4.29. The van der Waals surface area contributed by atoms with Crippen molar-refractivity contribution >= 4 is 45.9 Å². The number of fused-ring (bicyclic) bond motifs is 1. The smallest absolute Gasteiger partial charge is 0.280 e. The number of anilines is 1. The van der Waals surface area contributed by atoms with E-state index < -0.39 is 0 Å². The number of nitrogens with zero attached hydrogens (tertiary/aromatic N) is 3. The van der Waals surface area contributed by atoms with Crippen molar-refractivity contribution in [3.05, 3.63) is 57.9 Å². The zero-order valence-corrected chi connectivity index (χ0v) is 14.2. The molecule has 1 saturated heterocycles. The number of carbonyl (C=O) groups excluding carboxylic acids is 1. The Bertz CT molecular complexity index is 811. The van der Waals surface area contributed by atoms with Crippen LogP contribution in [0.4, 0.5) is 5.69 Å². The Balaban J connectivity index is 1.59. The highest BCUT2D eigenvalue weighted by Crippen LogP contribution is 2.32. The summed E-state index contributed by atoms with van der Waals surface area (Å²) in [7, 11) is 0. The van der Waals surface area contributed by atoms with Gasteiger partial charge >= 0.3 is 0 Å². The number of aliphatic imine (C=N–C) groups is 1. The van der Waals surface area contributed by atoms with Gasteiger partial charge in [0.2, 0.25) is 0 Å². The van der Waals surface area contributed by atoms with Crippen LogP contribution in [0.25, 0.3) is 6.08 Å². The molecule has 23 heavy (non-hydrogen) atoms. The maximum Gasteiger partial charge on any atom is 0.280 e. The fraction of sp³-hybridized carbons (Fsp3) is 0.176. The quantitative estimate of drug-likeness (QED) is 0.780. The lowest BCUT2D eigenvalue weighted by molar-refractivity contribution is -0.122. The van der Waals surface area contributed by atoms with Gasteiger partial charge in [-0.3, -0.25) is 9.69 Å². The molecule has 0 atom stereocenters. The number of rotatable bonds is 2. The molecule has 0 aliphatic carbocycles. The largest absolute Gasteiger partial charge is 0.343 e. The predicted octanol–water partition coefficient (Wildman–Crippen LogP) is 3.76. The van der Waals surface area contributed by atoms with Crippen molar-refractivity contribution < 1.29 is 4.79 Å². The van der Waals surface area contributed by atoms with Gasteiger partial charge in [-0.25, -0.2) is 4.99 Å². The molecule has 4 rings (SSSR count). The minimum absolute atomic E-state index is 0.0146. The van der Waals surface area contributed by atoms with Gasteiger partial charge in [0.05, 0.1) is 5.88 Å². The highest BCUT2D eigenvalue weighted by atomic mass is 32.2. The SMILES string of the molecule is Cc1ccccc1N1CSC2=N/C(=C\c3cccs3)C(=O)N2C1. The topological polar surface area (TPSA) is 35.9 Å². The third-order valence-corrected chi connectivity index (χ3v) is 5.68. The first-order chi connectivity index (χ1) is 11.2. The van der Waals surface area contributed by atoms with Gasteiger partial charge in [-0.1, -0.05) is 36.0 Å². The summed E-state index contributed by atoms with van der Waals surface area (Å²) in [5, 5.41) is 2.81. The van der Waals surface area contributed by atoms with E-state index in [0.29, 0.717) is 12.4 Å². The second kappa shape index (κ2) is 5.86. The molecule has 6 heteroatoms. The molecular formula is C17H15N3OS2. The van der Waals surface area contributed by atoms with E-state index >= 15 is 0 Å². The third-order valence-electron chi connectivity index (χ3n) is 3.85. The number of hydrogen-bond acceptors (Lipinski definition) is 5. The van der Waals surface area contributed by atoms with Crippen LogP contribution in [-0.2, 0) is 4.79 Å². The summed E-state index contributed by atoms with van der Waals surface area (Å²) < 4.78 is 0. The Hall–Kier alpha value is -2.05. The van der Waals surface area contributed by atoms with Crippen LogP contribution in [0, 0.1) is 6.92 Å². The van der Waals surface area contributed by atoms with Gasteiger partial charge in [0.25, 0.3) is 5.91 Å². The van der Waals surface area contributed by atoms with Crippen LogP contribution in [0.1, 0.15) is 10.4 Å². The molecule has 0 spiro atoms. The maximum absolute atomic E-state index is 12.6. The second-order valence-corrected chi connectivity index (χ2v) is 7.31. The van der Waals surface area contributed by atoms with E-state index in [1.807, 2.05) is 35.7 Å². The van der Waals surface area contributed by atoms with Gasteiger partial charge in [-0.2, -0.15) is 0 Å². The van der Waals surface area contributed by atoms with Crippen molar-refractivity contribution in [1.82, 2.24) is 4.90 Å². The average Bonchev–Trinajstić information content (AvgIpc) is 3.17. The predicted molar refractivity (Wildman–Crippen MR) is 97.6 cm³/mol. The number of benzene rings is 1. The Morgan fingerprint density at radius 3 is 2.87 bits per heavy atom. The summed E-state index contributed by atoms with van der Waals surface area (Å²) >= 11 is 3.22. The number of thiophene rings is 1. The van der Waals surface area contributed by atoms with Crippen molar-refractivity contribution in [2.24, 2.45) is 4.99 Å². The fourth-order valence-electron chi connectivity index (χ4n) is 2.68. The molecule has 1 fully saturated rings. The molecule has 116 valence electrons. The number of amidine groups is 1. The first-order valence-corrected chi connectivity index (χ1v) is 9.18. The third kappa shape index (κ3) is 2.68. The molecule has 2 aromatic rings. The number of para-hydroxylation sites is 1. The zero-order valence-electron chi connectivity index (χ0n) is 12.6. The Morgan fingerprint density at radius 2 is 2.09 bits per heavy atom.